The molecule has 19 heavy (non-hydrogen) atoms. The molecule has 2 nitrogen and oxygen atoms in total. The van der Waals surface area contributed by atoms with Crippen LogP contribution in [-0.4, -0.2) is 5.91 Å². The van der Waals surface area contributed by atoms with Crippen LogP contribution in [0.25, 0.3) is 0 Å². The van der Waals surface area contributed by atoms with Crippen molar-refractivity contribution in [2.75, 3.05) is 5.32 Å². The van der Waals surface area contributed by atoms with E-state index in [0.29, 0.717) is 5.69 Å². The zero-order valence-corrected chi connectivity index (χ0v) is 12.9. The number of halogens is 3. The van der Waals surface area contributed by atoms with E-state index in [1.165, 1.54) is 18.2 Å². The first-order valence-corrected chi connectivity index (χ1v) is 6.96. The van der Waals surface area contributed by atoms with Crippen molar-refractivity contribution in [3.05, 3.63) is 61.9 Å². The third-order valence-electron chi connectivity index (χ3n) is 2.63. The zero-order valence-electron chi connectivity index (χ0n) is 10.0. The Labute approximate surface area is 129 Å². The molecule has 2 rings (SSSR count). The molecule has 1 N–H and O–H groups in total. The number of benzene rings is 2. The highest BCUT2D eigenvalue weighted by Gasteiger charge is 2.13. The minimum absolute atomic E-state index is 0.122. The van der Waals surface area contributed by atoms with Gasteiger partial charge in [0.2, 0.25) is 0 Å². The van der Waals surface area contributed by atoms with Crippen molar-refractivity contribution in [1.82, 2.24) is 0 Å². The molecule has 0 radical (unpaired) electrons. The Morgan fingerprint density at radius 2 is 2.05 bits per heavy atom. The van der Waals surface area contributed by atoms with E-state index in [2.05, 4.69) is 27.9 Å². The van der Waals surface area contributed by atoms with Crippen molar-refractivity contribution in [2.24, 2.45) is 0 Å². The summed E-state index contributed by atoms with van der Waals surface area (Å²) in [6.45, 7) is 1.98. The Balaban J connectivity index is 2.26. The van der Waals surface area contributed by atoms with Crippen LogP contribution in [0.3, 0.4) is 0 Å². The van der Waals surface area contributed by atoms with Gasteiger partial charge in [-0.2, -0.15) is 0 Å². The Morgan fingerprint density at radius 3 is 2.74 bits per heavy atom. The molecule has 2 aromatic carbocycles. The summed E-state index contributed by atoms with van der Waals surface area (Å²) in [5.74, 6) is -1.03. The van der Waals surface area contributed by atoms with Crippen molar-refractivity contribution in [3.63, 3.8) is 0 Å². The maximum atomic E-state index is 13.3. The van der Waals surface area contributed by atoms with Gasteiger partial charge in [0.15, 0.2) is 0 Å². The van der Waals surface area contributed by atoms with Gasteiger partial charge < -0.3 is 5.32 Å². The number of anilines is 1. The van der Waals surface area contributed by atoms with E-state index in [1.807, 2.05) is 19.1 Å². The van der Waals surface area contributed by atoms with Crippen molar-refractivity contribution < 1.29 is 9.18 Å². The first-order chi connectivity index (χ1) is 8.99. The summed E-state index contributed by atoms with van der Waals surface area (Å²) in [6, 6.07) is 9.71. The van der Waals surface area contributed by atoms with Crippen LogP contribution >= 0.6 is 34.2 Å². The van der Waals surface area contributed by atoms with Crippen LogP contribution in [0.1, 0.15) is 15.9 Å². The molecule has 0 atom stereocenters. The Hall–Kier alpha value is -1.14. The maximum absolute atomic E-state index is 13.3. The quantitative estimate of drug-likeness (QED) is 0.745. The van der Waals surface area contributed by atoms with Crippen LogP contribution in [0.15, 0.2) is 36.4 Å². The Morgan fingerprint density at radius 1 is 1.32 bits per heavy atom. The lowest BCUT2D eigenvalue weighted by Gasteiger charge is -2.08. The maximum Gasteiger partial charge on any atom is 0.257 e. The first kappa shape index (κ1) is 14.3. The summed E-state index contributed by atoms with van der Waals surface area (Å²) >= 11 is 7.96. The standard InChI is InChI=1S/C14H10ClFINO/c1-8-5-6-9(7-12(8)17)18-14(19)10-3-2-4-11(16)13(10)15/h2-7H,1H3,(H,18,19). The van der Waals surface area contributed by atoms with E-state index in [9.17, 15) is 9.18 Å². The minimum Gasteiger partial charge on any atom is -0.322 e. The highest BCUT2D eigenvalue weighted by Crippen LogP contribution is 2.22. The molecule has 0 saturated carbocycles. The van der Waals surface area contributed by atoms with Gasteiger partial charge in [-0.3, -0.25) is 4.79 Å². The van der Waals surface area contributed by atoms with E-state index in [1.54, 1.807) is 6.07 Å². The highest BCUT2D eigenvalue weighted by atomic mass is 127. The largest absolute Gasteiger partial charge is 0.322 e. The fraction of sp³-hybridized carbons (Fsp3) is 0.0714. The normalized spacial score (nSPS) is 10.3. The lowest BCUT2D eigenvalue weighted by Crippen LogP contribution is -2.13. The van der Waals surface area contributed by atoms with Crippen molar-refractivity contribution in [2.45, 2.75) is 6.92 Å². The highest BCUT2D eigenvalue weighted by molar-refractivity contribution is 14.1. The van der Waals surface area contributed by atoms with Crippen LogP contribution in [-0.2, 0) is 0 Å². The van der Waals surface area contributed by atoms with E-state index in [-0.39, 0.29) is 10.6 Å². The molecule has 2 aromatic rings. The molecule has 0 aliphatic carbocycles. The van der Waals surface area contributed by atoms with Crippen molar-refractivity contribution in [1.29, 1.82) is 0 Å². The van der Waals surface area contributed by atoms with Crippen LogP contribution in [0.4, 0.5) is 10.1 Å². The van der Waals surface area contributed by atoms with Gasteiger partial charge in [0.1, 0.15) is 5.82 Å². The average molecular weight is 390 g/mol. The average Bonchev–Trinajstić information content (AvgIpc) is 2.37. The van der Waals surface area contributed by atoms with E-state index < -0.39 is 11.7 Å². The van der Waals surface area contributed by atoms with Crippen LogP contribution in [0, 0.1) is 16.3 Å². The van der Waals surface area contributed by atoms with Gasteiger partial charge in [0.25, 0.3) is 5.91 Å². The van der Waals surface area contributed by atoms with Crippen molar-refractivity contribution >= 4 is 45.8 Å². The van der Waals surface area contributed by atoms with Crippen LogP contribution in [0.5, 0.6) is 0 Å². The summed E-state index contributed by atoms with van der Waals surface area (Å²) < 4.78 is 14.3. The molecule has 0 fully saturated rings. The molecule has 98 valence electrons. The van der Waals surface area contributed by atoms with Gasteiger partial charge in [-0.25, -0.2) is 4.39 Å². The van der Waals surface area contributed by atoms with Gasteiger partial charge in [-0.1, -0.05) is 23.7 Å². The fourth-order valence-electron chi connectivity index (χ4n) is 1.55. The van der Waals surface area contributed by atoms with Gasteiger partial charge in [0, 0.05) is 9.26 Å². The summed E-state index contributed by atoms with van der Waals surface area (Å²) in [5.41, 5.74) is 1.90. The molecular weight excluding hydrogens is 380 g/mol. The number of hydrogen-bond donors (Lipinski definition) is 1. The lowest BCUT2D eigenvalue weighted by molar-refractivity contribution is 0.102. The number of carbonyl (C=O) groups is 1. The molecule has 0 aromatic heterocycles. The fourth-order valence-corrected chi connectivity index (χ4v) is 2.28. The van der Waals surface area contributed by atoms with Gasteiger partial charge in [-0.05, 0) is 59.3 Å². The van der Waals surface area contributed by atoms with E-state index in [0.717, 1.165) is 9.13 Å². The number of hydrogen-bond acceptors (Lipinski definition) is 1. The predicted molar refractivity (Wildman–Crippen MR) is 83.3 cm³/mol. The third kappa shape index (κ3) is 3.25. The molecule has 0 aliphatic heterocycles. The third-order valence-corrected chi connectivity index (χ3v) is 4.17. The van der Waals surface area contributed by atoms with E-state index >= 15 is 0 Å². The van der Waals surface area contributed by atoms with Crippen LogP contribution in [0.2, 0.25) is 5.02 Å². The molecule has 0 aliphatic rings. The van der Waals surface area contributed by atoms with Gasteiger partial charge >= 0.3 is 0 Å². The molecule has 0 heterocycles. The second-order valence-corrected chi connectivity index (χ2v) is 5.56. The molecule has 5 heteroatoms. The summed E-state index contributed by atoms with van der Waals surface area (Å²) in [6.07, 6.45) is 0. The first-order valence-electron chi connectivity index (χ1n) is 5.50. The van der Waals surface area contributed by atoms with Crippen molar-refractivity contribution in [3.8, 4) is 0 Å². The smallest absolute Gasteiger partial charge is 0.257 e. The molecule has 0 saturated heterocycles. The summed E-state index contributed by atoms with van der Waals surface area (Å²) in [7, 11) is 0. The SMILES string of the molecule is Cc1ccc(NC(=O)c2cccc(F)c2Cl)cc1I. The number of rotatable bonds is 2. The summed E-state index contributed by atoms with van der Waals surface area (Å²) in [5, 5.41) is 2.53. The monoisotopic (exact) mass is 389 g/mol. The Bertz CT molecular complexity index is 645. The molecule has 1 amide bonds. The van der Waals surface area contributed by atoms with E-state index in [4.69, 9.17) is 11.6 Å². The number of carbonyl (C=O) groups excluding carboxylic acids is 1. The molecule has 0 unspecified atom stereocenters. The topological polar surface area (TPSA) is 29.1 Å². The number of amides is 1. The second kappa shape index (κ2) is 5.88. The summed E-state index contributed by atoms with van der Waals surface area (Å²) in [4.78, 5) is 12.0. The molecular formula is C14H10ClFINO. The zero-order chi connectivity index (χ0) is 14.0. The predicted octanol–water partition coefficient (Wildman–Crippen LogP) is 4.64. The van der Waals surface area contributed by atoms with Gasteiger partial charge in [0.05, 0.1) is 10.6 Å². The Kier molecular flexibility index (Phi) is 4.42. The number of aryl methyl sites for hydroxylation is 1. The van der Waals surface area contributed by atoms with Crippen LogP contribution < -0.4 is 5.32 Å². The second-order valence-electron chi connectivity index (χ2n) is 4.02. The van der Waals surface area contributed by atoms with Gasteiger partial charge in [-0.15, -0.1) is 0 Å². The molecule has 0 spiro atoms. The lowest BCUT2D eigenvalue weighted by atomic mass is 10.2. The molecule has 0 bridgehead atoms. The minimum atomic E-state index is -0.604. The number of nitrogens with one attached hydrogen (secondary N) is 1.